The molecule has 0 N–H and O–H groups in total. The maximum absolute atomic E-state index is 11.0. The van der Waals surface area contributed by atoms with Gasteiger partial charge in [0.15, 0.2) is 7.85 Å². The molecule has 0 radical (unpaired) electrons. The molecule has 0 aliphatic rings. The first-order valence-corrected chi connectivity index (χ1v) is 6.08. The zero-order chi connectivity index (χ0) is 12.5. The lowest BCUT2D eigenvalue weighted by molar-refractivity contribution is -0.384. The molecule has 0 fully saturated rings. The molecule has 84 valence electrons. The molecule has 0 amide bonds. The Kier molecular flexibility index (Phi) is 4.26. The summed E-state index contributed by atoms with van der Waals surface area (Å²) in [6, 6.07) is 1.80. The largest absolute Gasteiger partial charge is 0.310 e. The van der Waals surface area contributed by atoms with Crippen LogP contribution in [-0.4, -0.2) is 18.4 Å². The van der Waals surface area contributed by atoms with Crippen molar-refractivity contribution in [2.75, 3.05) is 0 Å². The highest BCUT2D eigenvalue weighted by molar-refractivity contribution is 9.13. The zero-order valence-corrected chi connectivity index (χ0v) is 12.2. The van der Waals surface area contributed by atoms with Crippen LogP contribution >= 0.6 is 31.9 Å². The lowest BCUT2D eigenvalue weighted by atomic mass is 10.0. The summed E-state index contributed by atoms with van der Waals surface area (Å²) in [5, 5.41) is 11.0. The van der Waals surface area contributed by atoms with Crippen molar-refractivity contribution in [2.24, 2.45) is 4.99 Å². The van der Waals surface area contributed by atoms with E-state index < -0.39 is 4.92 Å². The minimum Gasteiger partial charge on any atom is -0.261 e. The molecule has 7 heteroatoms. The molecule has 0 bridgehead atoms. The monoisotopic (exact) mass is 346 g/mol. The van der Waals surface area contributed by atoms with Gasteiger partial charge in [0.1, 0.15) is 10.2 Å². The van der Waals surface area contributed by atoms with Crippen molar-refractivity contribution in [1.29, 1.82) is 0 Å². The molecule has 0 saturated heterocycles. The summed E-state index contributed by atoms with van der Waals surface area (Å²) in [6.45, 7) is 3.60. The first-order chi connectivity index (χ1) is 7.34. The Morgan fingerprint density at radius 2 is 2.12 bits per heavy atom. The van der Waals surface area contributed by atoms with Gasteiger partial charge >= 0.3 is 5.69 Å². The molecule has 0 saturated carbocycles. The number of nitrogens with zero attached hydrogens (tertiary/aromatic N) is 2. The van der Waals surface area contributed by atoms with Crippen LogP contribution in [0.5, 0.6) is 0 Å². The van der Waals surface area contributed by atoms with Gasteiger partial charge in [-0.2, -0.15) is 0 Å². The molecular weight excluding hydrogens is 339 g/mol. The van der Waals surface area contributed by atoms with Crippen molar-refractivity contribution in [2.45, 2.75) is 13.8 Å². The van der Waals surface area contributed by atoms with Gasteiger partial charge < -0.3 is 0 Å². The highest BCUT2D eigenvalue weighted by atomic mass is 79.9. The second kappa shape index (κ2) is 5.10. The molecule has 1 aromatic carbocycles. The predicted octanol–water partition coefficient (Wildman–Crippen LogP) is 3.11. The summed E-state index contributed by atoms with van der Waals surface area (Å²) in [5.41, 5.74) is 1.94. The molecular formula is C9H9BBr2N2O2. The molecule has 0 aliphatic heterocycles. The summed E-state index contributed by atoms with van der Waals surface area (Å²) in [7, 11) is 1.80. The van der Waals surface area contributed by atoms with Crippen LogP contribution in [0.25, 0.3) is 0 Å². The van der Waals surface area contributed by atoms with Gasteiger partial charge in [-0.1, -0.05) is 0 Å². The summed E-state index contributed by atoms with van der Waals surface area (Å²) in [5.74, 6) is 0. The number of hydrogen-bond donors (Lipinski definition) is 0. The lowest BCUT2D eigenvalue weighted by Crippen LogP contribution is -1.95. The topological polar surface area (TPSA) is 55.5 Å². The van der Waals surface area contributed by atoms with Crippen LogP contribution in [0.4, 0.5) is 11.4 Å². The third kappa shape index (κ3) is 2.71. The Hall–Kier alpha value is -0.685. The number of aryl methyl sites for hydroxylation is 1. The van der Waals surface area contributed by atoms with Crippen molar-refractivity contribution in [3.05, 3.63) is 30.7 Å². The second-order valence-corrected chi connectivity index (χ2v) is 5.15. The minimum absolute atomic E-state index is 0.00641. The van der Waals surface area contributed by atoms with Crippen LogP contribution in [0.2, 0.25) is 0 Å². The van der Waals surface area contributed by atoms with E-state index in [9.17, 15) is 10.1 Å². The number of aliphatic imine (C=N–C) groups is 1. The highest BCUT2D eigenvalue weighted by Gasteiger charge is 2.22. The summed E-state index contributed by atoms with van der Waals surface area (Å²) in [4.78, 5) is 14.8. The smallest absolute Gasteiger partial charge is 0.261 e. The molecule has 0 heterocycles. The normalized spacial score (nSPS) is 11.6. The summed E-state index contributed by atoms with van der Waals surface area (Å²) in [6.07, 6.45) is 0. The number of nitro benzene ring substituents is 1. The average Bonchev–Trinajstić information content (AvgIpc) is 2.13. The fourth-order valence-corrected chi connectivity index (χ4v) is 2.24. The Morgan fingerprint density at radius 3 is 2.56 bits per heavy atom. The van der Waals surface area contributed by atoms with Crippen molar-refractivity contribution >= 4 is 56.7 Å². The fourth-order valence-electron chi connectivity index (χ4n) is 1.26. The number of halogens is 2. The SMILES string of the molecule is B/C(C)=N/c1c(C)cc(Br)c(Br)c1[N+](=O)[O-]. The zero-order valence-electron chi connectivity index (χ0n) is 9.04. The molecule has 0 unspecified atom stereocenters. The third-order valence-electron chi connectivity index (χ3n) is 1.88. The molecule has 1 aromatic rings. The van der Waals surface area contributed by atoms with E-state index >= 15 is 0 Å². The van der Waals surface area contributed by atoms with E-state index in [1.807, 2.05) is 0 Å². The minimum atomic E-state index is -0.427. The maximum atomic E-state index is 11.0. The van der Waals surface area contributed by atoms with Crippen LogP contribution in [0.15, 0.2) is 20.0 Å². The third-order valence-corrected chi connectivity index (χ3v) is 3.84. The summed E-state index contributed by atoms with van der Waals surface area (Å²) < 4.78 is 1.08. The van der Waals surface area contributed by atoms with Crippen molar-refractivity contribution < 1.29 is 4.92 Å². The Balaban J connectivity index is 3.64. The Bertz CT molecular complexity index is 485. The molecule has 1 rings (SSSR count). The van der Waals surface area contributed by atoms with E-state index in [0.717, 1.165) is 11.2 Å². The molecule has 4 nitrogen and oxygen atoms in total. The maximum Gasteiger partial charge on any atom is 0.310 e. The second-order valence-electron chi connectivity index (χ2n) is 3.50. The predicted molar refractivity (Wildman–Crippen MR) is 74.5 cm³/mol. The molecule has 0 aromatic heterocycles. The molecule has 0 spiro atoms. The van der Waals surface area contributed by atoms with Gasteiger partial charge in [-0.3, -0.25) is 15.1 Å². The fraction of sp³-hybridized carbons (Fsp3) is 0.222. The van der Waals surface area contributed by atoms with Gasteiger partial charge in [0.2, 0.25) is 0 Å². The lowest BCUT2D eigenvalue weighted by Gasteiger charge is -2.06. The Labute approximate surface area is 111 Å². The summed E-state index contributed by atoms with van der Waals surface area (Å²) >= 11 is 6.46. The van der Waals surface area contributed by atoms with Gasteiger partial charge in [0, 0.05) is 4.47 Å². The molecule has 0 aliphatic carbocycles. The Morgan fingerprint density at radius 1 is 1.56 bits per heavy atom. The van der Waals surface area contributed by atoms with Crippen LogP contribution in [0, 0.1) is 17.0 Å². The molecule has 0 atom stereocenters. The van der Waals surface area contributed by atoms with Crippen LogP contribution < -0.4 is 0 Å². The van der Waals surface area contributed by atoms with E-state index in [2.05, 4.69) is 36.9 Å². The highest BCUT2D eigenvalue weighted by Crippen LogP contribution is 2.42. The van der Waals surface area contributed by atoms with Gasteiger partial charge in [-0.05, 0) is 62.9 Å². The van der Waals surface area contributed by atoms with Crippen LogP contribution in [0.3, 0.4) is 0 Å². The molecule has 16 heavy (non-hydrogen) atoms. The number of hydrogen-bond acceptors (Lipinski definition) is 3. The van der Waals surface area contributed by atoms with E-state index in [-0.39, 0.29) is 5.69 Å². The van der Waals surface area contributed by atoms with Crippen LogP contribution in [0.1, 0.15) is 12.5 Å². The van der Waals surface area contributed by atoms with E-state index in [4.69, 9.17) is 0 Å². The average molecular weight is 348 g/mol. The van der Waals surface area contributed by atoms with E-state index in [0.29, 0.717) is 14.6 Å². The number of rotatable bonds is 2. The van der Waals surface area contributed by atoms with Crippen molar-refractivity contribution in [3.8, 4) is 0 Å². The van der Waals surface area contributed by atoms with Gasteiger partial charge in [-0.15, -0.1) is 0 Å². The number of benzene rings is 1. The van der Waals surface area contributed by atoms with Crippen molar-refractivity contribution in [3.63, 3.8) is 0 Å². The van der Waals surface area contributed by atoms with Gasteiger partial charge in [0.25, 0.3) is 0 Å². The quantitative estimate of drug-likeness (QED) is 0.357. The van der Waals surface area contributed by atoms with E-state index in [1.54, 1.807) is 27.8 Å². The van der Waals surface area contributed by atoms with Gasteiger partial charge in [0.05, 0.1) is 4.92 Å². The number of nitro groups is 1. The van der Waals surface area contributed by atoms with Gasteiger partial charge in [-0.25, -0.2) is 0 Å². The van der Waals surface area contributed by atoms with Crippen LogP contribution in [-0.2, 0) is 0 Å². The van der Waals surface area contributed by atoms with Crippen molar-refractivity contribution in [1.82, 2.24) is 0 Å². The van der Waals surface area contributed by atoms with E-state index in [1.165, 1.54) is 0 Å². The first-order valence-electron chi connectivity index (χ1n) is 4.49. The first kappa shape index (κ1) is 13.4. The standard InChI is InChI=1S/C9H9BBr2N2O2/c1-4-3-6(11)7(12)9(14(15)16)8(4)13-5(2)10/h3H,10H2,1-2H3/b13-5+.